The number of sulfonamides is 1. The van der Waals surface area contributed by atoms with Crippen molar-refractivity contribution in [2.24, 2.45) is 11.8 Å². The van der Waals surface area contributed by atoms with Crippen LogP contribution < -0.4 is 0 Å². The molecule has 1 saturated heterocycles. The fourth-order valence-corrected chi connectivity index (χ4v) is 6.01. The number of benzene rings is 1. The van der Waals surface area contributed by atoms with Crippen molar-refractivity contribution in [3.63, 3.8) is 0 Å². The standard InChI is InChI=1S/C14H20N2O6S2/c1-10(2)13-8-15(23(3,19)20)9-14(13)24(21,22)12-6-4-11(5-7-12)16(17)18/h4-7,10,13-14H,8-9H2,1-3H3/t13-,14?/m0/s1. The zero-order valence-corrected chi connectivity index (χ0v) is 15.2. The molecule has 8 nitrogen and oxygen atoms in total. The maximum atomic E-state index is 12.9. The van der Waals surface area contributed by atoms with E-state index in [1.807, 2.05) is 13.8 Å². The first-order valence-electron chi connectivity index (χ1n) is 7.38. The Morgan fingerprint density at radius 2 is 1.67 bits per heavy atom. The first-order chi connectivity index (χ1) is 10.9. The van der Waals surface area contributed by atoms with E-state index in [0.717, 1.165) is 18.4 Å². The summed E-state index contributed by atoms with van der Waals surface area (Å²) in [7, 11) is -7.28. The molecular weight excluding hydrogens is 356 g/mol. The molecule has 24 heavy (non-hydrogen) atoms. The topological polar surface area (TPSA) is 115 Å². The van der Waals surface area contributed by atoms with E-state index in [2.05, 4.69) is 0 Å². The van der Waals surface area contributed by atoms with Gasteiger partial charge in [-0.15, -0.1) is 0 Å². The number of nitro benzene ring substituents is 1. The Hall–Kier alpha value is -1.52. The quantitative estimate of drug-likeness (QED) is 0.565. The van der Waals surface area contributed by atoms with E-state index >= 15 is 0 Å². The van der Waals surface area contributed by atoms with E-state index in [1.54, 1.807) is 0 Å². The van der Waals surface area contributed by atoms with Gasteiger partial charge >= 0.3 is 0 Å². The highest BCUT2D eigenvalue weighted by molar-refractivity contribution is 7.92. The lowest BCUT2D eigenvalue weighted by Gasteiger charge is -2.21. The van der Waals surface area contributed by atoms with Gasteiger partial charge in [-0.3, -0.25) is 10.1 Å². The highest BCUT2D eigenvalue weighted by atomic mass is 32.2. The predicted molar refractivity (Wildman–Crippen MR) is 88.8 cm³/mol. The molecule has 0 radical (unpaired) electrons. The third kappa shape index (κ3) is 3.60. The third-order valence-electron chi connectivity index (χ3n) is 4.38. The largest absolute Gasteiger partial charge is 0.269 e. The lowest BCUT2D eigenvalue weighted by molar-refractivity contribution is -0.384. The lowest BCUT2D eigenvalue weighted by Crippen LogP contribution is -2.33. The number of rotatable bonds is 5. The Kier molecular flexibility index (Phi) is 5.03. The second kappa shape index (κ2) is 6.41. The Balaban J connectivity index is 2.40. The van der Waals surface area contributed by atoms with Crippen LogP contribution in [0.25, 0.3) is 0 Å². The van der Waals surface area contributed by atoms with Crippen LogP contribution in [0.15, 0.2) is 29.2 Å². The number of non-ortho nitro benzene ring substituents is 1. The Labute approximate surface area is 141 Å². The molecule has 1 aliphatic heterocycles. The minimum absolute atomic E-state index is 0.0189. The van der Waals surface area contributed by atoms with Gasteiger partial charge in [-0.2, -0.15) is 0 Å². The first kappa shape index (κ1) is 18.8. The molecular formula is C14H20N2O6S2. The number of nitro groups is 1. The normalized spacial score (nSPS) is 22.8. The van der Waals surface area contributed by atoms with Crippen LogP contribution in [0, 0.1) is 22.0 Å². The van der Waals surface area contributed by atoms with Crippen molar-refractivity contribution in [2.45, 2.75) is 24.0 Å². The minimum atomic E-state index is -3.80. The van der Waals surface area contributed by atoms with E-state index < -0.39 is 30.0 Å². The molecule has 134 valence electrons. The van der Waals surface area contributed by atoms with Crippen LogP contribution in [0.1, 0.15) is 13.8 Å². The van der Waals surface area contributed by atoms with E-state index in [9.17, 15) is 26.9 Å². The molecule has 1 fully saturated rings. The maximum Gasteiger partial charge on any atom is 0.269 e. The summed E-state index contributed by atoms with van der Waals surface area (Å²) in [4.78, 5) is 10.1. The molecule has 1 aromatic carbocycles. The van der Waals surface area contributed by atoms with E-state index in [-0.39, 0.29) is 35.5 Å². The average molecular weight is 376 g/mol. The van der Waals surface area contributed by atoms with Gasteiger partial charge in [0, 0.05) is 25.2 Å². The van der Waals surface area contributed by atoms with Crippen LogP contribution in [-0.2, 0) is 19.9 Å². The molecule has 2 atom stereocenters. The van der Waals surface area contributed by atoms with Gasteiger partial charge in [0.15, 0.2) is 9.84 Å². The van der Waals surface area contributed by atoms with Crippen LogP contribution >= 0.6 is 0 Å². The molecule has 0 saturated carbocycles. The highest BCUT2D eigenvalue weighted by Crippen LogP contribution is 2.34. The van der Waals surface area contributed by atoms with Gasteiger partial charge in [-0.1, -0.05) is 13.8 Å². The third-order valence-corrected chi connectivity index (χ3v) is 7.84. The van der Waals surface area contributed by atoms with Gasteiger partial charge in [-0.05, 0) is 24.0 Å². The second-order valence-corrected chi connectivity index (χ2v) is 10.5. The van der Waals surface area contributed by atoms with Gasteiger partial charge in [0.2, 0.25) is 10.0 Å². The first-order valence-corrected chi connectivity index (χ1v) is 10.8. The van der Waals surface area contributed by atoms with Crippen LogP contribution in [0.4, 0.5) is 5.69 Å². The minimum Gasteiger partial charge on any atom is -0.258 e. The van der Waals surface area contributed by atoms with Crippen LogP contribution in [0.3, 0.4) is 0 Å². The van der Waals surface area contributed by atoms with Gasteiger partial charge < -0.3 is 0 Å². The molecule has 0 bridgehead atoms. The maximum absolute atomic E-state index is 12.9. The summed E-state index contributed by atoms with van der Waals surface area (Å²) < 4.78 is 50.6. The molecule has 10 heteroatoms. The summed E-state index contributed by atoms with van der Waals surface area (Å²) in [6.45, 7) is 3.78. The average Bonchev–Trinajstić information content (AvgIpc) is 2.93. The molecule has 1 heterocycles. The highest BCUT2D eigenvalue weighted by Gasteiger charge is 2.45. The van der Waals surface area contributed by atoms with Crippen molar-refractivity contribution in [2.75, 3.05) is 19.3 Å². The Morgan fingerprint density at radius 3 is 2.08 bits per heavy atom. The lowest BCUT2D eigenvalue weighted by atomic mass is 9.95. The van der Waals surface area contributed by atoms with Gasteiger partial charge in [-0.25, -0.2) is 21.1 Å². The van der Waals surface area contributed by atoms with Crippen LogP contribution in [0.2, 0.25) is 0 Å². The summed E-state index contributed by atoms with van der Waals surface area (Å²) in [6, 6.07) is 4.68. The van der Waals surface area contributed by atoms with Gasteiger partial charge in [0.05, 0.1) is 21.3 Å². The molecule has 1 aliphatic rings. The van der Waals surface area contributed by atoms with E-state index in [0.29, 0.717) is 0 Å². The zero-order valence-electron chi connectivity index (χ0n) is 13.6. The predicted octanol–water partition coefficient (Wildman–Crippen LogP) is 1.28. The summed E-state index contributed by atoms with van der Waals surface area (Å²) in [5.41, 5.74) is -0.196. The molecule has 0 N–H and O–H groups in total. The SMILES string of the molecule is CC(C)[C@@H]1CN(S(C)(=O)=O)CC1S(=O)(=O)c1ccc([N+](=O)[O-])cc1. The molecule has 1 aromatic rings. The van der Waals surface area contributed by atoms with Crippen molar-refractivity contribution in [3.05, 3.63) is 34.4 Å². The van der Waals surface area contributed by atoms with Crippen molar-refractivity contribution < 1.29 is 21.8 Å². The van der Waals surface area contributed by atoms with Gasteiger partial charge in [0.25, 0.3) is 5.69 Å². The molecule has 0 aromatic heterocycles. The van der Waals surface area contributed by atoms with Crippen molar-refractivity contribution in [1.82, 2.24) is 4.31 Å². The van der Waals surface area contributed by atoms with Crippen LogP contribution in [-0.4, -0.2) is 50.7 Å². The summed E-state index contributed by atoms with van der Waals surface area (Å²) in [6.07, 6.45) is 1.06. The second-order valence-electron chi connectivity index (χ2n) is 6.32. The van der Waals surface area contributed by atoms with E-state index in [4.69, 9.17) is 0 Å². The summed E-state index contributed by atoms with van der Waals surface area (Å²) in [5, 5.41) is 9.83. The van der Waals surface area contributed by atoms with Crippen molar-refractivity contribution in [3.8, 4) is 0 Å². The van der Waals surface area contributed by atoms with Crippen molar-refractivity contribution in [1.29, 1.82) is 0 Å². The molecule has 0 spiro atoms. The number of hydrogen-bond donors (Lipinski definition) is 0. The van der Waals surface area contributed by atoms with Crippen LogP contribution in [0.5, 0.6) is 0 Å². The molecule has 0 aliphatic carbocycles. The summed E-state index contributed by atoms with van der Waals surface area (Å²) in [5.74, 6) is -0.352. The van der Waals surface area contributed by atoms with E-state index in [1.165, 1.54) is 16.4 Å². The monoisotopic (exact) mass is 376 g/mol. The molecule has 1 unspecified atom stereocenters. The fraction of sp³-hybridized carbons (Fsp3) is 0.571. The van der Waals surface area contributed by atoms with Crippen molar-refractivity contribution >= 4 is 25.5 Å². The van der Waals surface area contributed by atoms with Gasteiger partial charge in [0.1, 0.15) is 0 Å². The zero-order chi connectivity index (χ0) is 18.3. The Bertz CT molecular complexity index is 831. The molecule has 2 rings (SSSR count). The Morgan fingerprint density at radius 1 is 1.12 bits per heavy atom. The fourth-order valence-electron chi connectivity index (χ4n) is 2.93. The number of sulfone groups is 1. The smallest absolute Gasteiger partial charge is 0.258 e. The number of hydrogen-bond acceptors (Lipinski definition) is 6. The summed E-state index contributed by atoms with van der Waals surface area (Å²) >= 11 is 0. The number of nitrogens with zero attached hydrogens (tertiary/aromatic N) is 2. The molecule has 0 amide bonds.